The molecule has 7 nitrogen and oxygen atoms in total. The number of anilines is 1. The van der Waals surface area contributed by atoms with Crippen LogP contribution in [0.1, 0.15) is 28.0 Å². The van der Waals surface area contributed by atoms with Gasteiger partial charge in [-0.05, 0) is 31.2 Å². The highest BCUT2D eigenvalue weighted by atomic mass is 35.5. The first-order valence-electron chi connectivity index (χ1n) is 8.29. The van der Waals surface area contributed by atoms with E-state index in [0.717, 1.165) is 16.5 Å². The van der Waals surface area contributed by atoms with Gasteiger partial charge < -0.3 is 15.2 Å². The number of carbonyl (C=O) groups is 1. The lowest BCUT2D eigenvalue weighted by atomic mass is 10.3. The Morgan fingerprint density at radius 2 is 2.07 bits per heavy atom. The predicted molar refractivity (Wildman–Crippen MR) is 110 cm³/mol. The Balaban J connectivity index is 1.53. The van der Waals surface area contributed by atoms with Gasteiger partial charge in [-0.15, -0.1) is 11.3 Å². The molecular formula is C18H17ClN4O3S2. The molecule has 2 N–H and O–H groups in total. The molecule has 146 valence electrons. The number of thiazole rings is 1. The molecular weight excluding hydrogens is 420 g/mol. The minimum absolute atomic E-state index is 0.103. The number of nitrogen functional groups attached to an aromatic ring is 1. The second kappa shape index (κ2) is 9.72. The van der Waals surface area contributed by atoms with Gasteiger partial charge in [0.15, 0.2) is 5.16 Å². The Morgan fingerprint density at radius 1 is 1.29 bits per heavy atom. The molecule has 0 spiro atoms. The number of aromatic nitrogens is 3. The summed E-state index contributed by atoms with van der Waals surface area (Å²) in [6.07, 6.45) is 1.38. The average Bonchev–Trinajstić information content (AvgIpc) is 3.14. The molecule has 1 aromatic carbocycles. The highest BCUT2D eigenvalue weighted by Crippen LogP contribution is 2.23. The maximum absolute atomic E-state index is 11.7. The van der Waals surface area contributed by atoms with E-state index in [1.807, 2.05) is 17.5 Å². The molecule has 0 unspecified atom stereocenters. The van der Waals surface area contributed by atoms with Crippen molar-refractivity contribution in [2.45, 2.75) is 24.4 Å². The molecule has 0 saturated carbocycles. The molecule has 3 rings (SSSR count). The monoisotopic (exact) mass is 436 g/mol. The predicted octanol–water partition coefficient (Wildman–Crippen LogP) is 4.22. The van der Waals surface area contributed by atoms with Crippen molar-refractivity contribution in [3.8, 4) is 5.75 Å². The highest BCUT2D eigenvalue weighted by Gasteiger charge is 2.14. The van der Waals surface area contributed by atoms with Gasteiger partial charge in [0.2, 0.25) is 0 Å². The lowest BCUT2D eigenvalue weighted by Gasteiger charge is -2.05. The summed E-state index contributed by atoms with van der Waals surface area (Å²) in [4.78, 5) is 24.6. The molecule has 10 heteroatoms. The molecule has 0 saturated heterocycles. The fraction of sp³-hybridized carbons (Fsp3) is 0.222. The van der Waals surface area contributed by atoms with Crippen LogP contribution in [0.2, 0.25) is 5.02 Å². The van der Waals surface area contributed by atoms with Gasteiger partial charge in [-0.1, -0.05) is 23.4 Å². The minimum Gasteiger partial charge on any atom is -0.486 e. The van der Waals surface area contributed by atoms with Crippen LogP contribution >= 0.6 is 34.7 Å². The Labute approximate surface area is 175 Å². The summed E-state index contributed by atoms with van der Waals surface area (Å²) in [6, 6.07) is 7.18. The number of thioether (sulfide) groups is 1. The summed E-state index contributed by atoms with van der Waals surface area (Å²) in [5, 5.41) is 3.96. The number of hydrogen-bond acceptors (Lipinski definition) is 9. The van der Waals surface area contributed by atoms with Crippen LogP contribution in [0.15, 0.2) is 41.0 Å². The summed E-state index contributed by atoms with van der Waals surface area (Å²) in [6.45, 7) is 2.37. The fourth-order valence-electron chi connectivity index (χ4n) is 2.11. The first-order valence-corrected chi connectivity index (χ1v) is 10.5. The maximum Gasteiger partial charge on any atom is 0.343 e. The van der Waals surface area contributed by atoms with Gasteiger partial charge in [0, 0.05) is 22.4 Å². The zero-order valence-electron chi connectivity index (χ0n) is 14.9. The van der Waals surface area contributed by atoms with Crippen molar-refractivity contribution < 1.29 is 14.3 Å². The molecule has 0 aliphatic rings. The summed E-state index contributed by atoms with van der Waals surface area (Å²) < 4.78 is 10.6. The van der Waals surface area contributed by atoms with Gasteiger partial charge >= 0.3 is 5.97 Å². The van der Waals surface area contributed by atoms with Crippen LogP contribution in [-0.2, 0) is 17.1 Å². The van der Waals surface area contributed by atoms with Gasteiger partial charge in [0.25, 0.3) is 0 Å². The second-order valence-electron chi connectivity index (χ2n) is 5.44. The van der Waals surface area contributed by atoms with Gasteiger partial charge in [0.1, 0.15) is 28.7 Å². The zero-order chi connectivity index (χ0) is 19.9. The van der Waals surface area contributed by atoms with Crippen LogP contribution in [0.5, 0.6) is 5.75 Å². The van der Waals surface area contributed by atoms with Crippen LogP contribution in [0.3, 0.4) is 0 Å². The standard InChI is InChI=1S/C18H17ClN4O3S2/c1-2-25-17(24)14-7-21-18(23-16(14)20)28-10-12-9-27-15(22-12)8-26-13-5-3-11(19)4-6-13/h3-7,9H,2,8,10H2,1H3,(H2,20,21,23). The van der Waals surface area contributed by atoms with E-state index >= 15 is 0 Å². The molecule has 0 amide bonds. The zero-order valence-corrected chi connectivity index (χ0v) is 17.3. The van der Waals surface area contributed by atoms with Crippen molar-refractivity contribution in [3.05, 3.63) is 57.1 Å². The van der Waals surface area contributed by atoms with Crippen LogP contribution < -0.4 is 10.5 Å². The first-order chi connectivity index (χ1) is 13.5. The molecule has 0 bridgehead atoms. The number of nitrogens with zero attached hydrogens (tertiary/aromatic N) is 3. The van der Waals surface area contributed by atoms with Crippen LogP contribution in [-0.4, -0.2) is 27.5 Å². The molecule has 0 aliphatic carbocycles. The van der Waals surface area contributed by atoms with Crippen LogP contribution in [0.25, 0.3) is 0 Å². The smallest absolute Gasteiger partial charge is 0.343 e. The Morgan fingerprint density at radius 3 is 2.79 bits per heavy atom. The van der Waals surface area contributed by atoms with E-state index in [1.54, 1.807) is 19.1 Å². The van der Waals surface area contributed by atoms with Crippen molar-refractivity contribution in [1.29, 1.82) is 0 Å². The van der Waals surface area contributed by atoms with E-state index in [2.05, 4.69) is 15.0 Å². The number of ether oxygens (including phenoxy) is 2. The largest absolute Gasteiger partial charge is 0.486 e. The van der Waals surface area contributed by atoms with E-state index < -0.39 is 5.97 Å². The van der Waals surface area contributed by atoms with Crippen molar-refractivity contribution in [1.82, 2.24) is 15.0 Å². The lowest BCUT2D eigenvalue weighted by molar-refractivity contribution is 0.0526. The van der Waals surface area contributed by atoms with Crippen molar-refractivity contribution >= 4 is 46.5 Å². The summed E-state index contributed by atoms with van der Waals surface area (Å²) in [5.74, 6) is 0.893. The Bertz CT molecular complexity index is 950. The Kier molecular flexibility index (Phi) is 7.07. The van der Waals surface area contributed by atoms with Crippen LogP contribution in [0, 0.1) is 0 Å². The summed E-state index contributed by atoms with van der Waals surface area (Å²) in [7, 11) is 0. The number of rotatable bonds is 8. The molecule has 2 heterocycles. The quantitative estimate of drug-likeness (QED) is 0.318. The van der Waals surface area contributed by atoms with Gasteiger partial charge in [-0.2, -0.15) is 0 Å². The van der Waals surface area contributed by atoms with Crippen molar-refractivity contribution in [2.75, 3.05) is 12.3 Å². The fourth-order valence-corrected chi connectivity index (χ4v) is 3.76. The highest BCUT2D eigenvalue weighted by molar-refractivity contribution is 7.98. The third kappa shape index (κ3) is 5.57. The molecule has 0 fully saturated rings. The number of halogens is 1. The van der Waals surface area contributed by atoms with Crippen molar-refractivity contribution in [2.24, 2.45) is 0 Å². The number of carbonyl (C=O) groups excluding carboxylic acids is 1. The van der Waals surface area contributed by atoms with Gasteiger partial charge in [-0.3, -0.25) is 0 Å². The summed E-state index contributed by atoms with van der Waals surface area (Å²) in [5.41, 5.74) is 6.88. The number of nitrogens with two attached hydrogens (primary N) is 1. The van der Waals surface area contributed by atoms with Gasteiger partial charge in [0.05, 0.1) is 12.3 Å². The third-order valence-corrected chi connectivity index (χ3v) is 5.43. The summed E-state index contributed by atoms with van der Waals surface area (Å²) >= 11 is 8.76. The van der Waals surface area contributed by atoms with Crippen molar-refractivity contribution in [3.63, 3.8) is 0 Å². The molecule has 3 aromatic rings. The van der Waals surface area contributed by atoms with E-state index in [1.165, 1.54) is 29.3 Å². The first kappa shape index (κ1) is 20.4. The lowest BCUT2D eigenvalue weighted by Crippen LogP contribution is -2.10. The van der Waals surface area contributed by atoms with E-state index in [-0.39, 0.29) is 18.0 Å². The van der Waals surface area contributed by atoms with Crippen LogP contribution in [0.4, 0.5) is 5.82 Å². The normalized spacial score (nSPS) is 10.6. The Hall–Kier alpha value is -2.36. The molecule has 0 atom stereocenters. The topological polar surface area (TPSA) is 100 Å². The molecule has 0 radical (unpaired) electrons. The second-order valence-corrected chi connectivity index (χ2v) is 7.76. The maximum atomic E-state index is 11.7. The molecule has 0 aliphatic heterocycles. The minimum atomic E-state index is -0.526. The average molecular weight is 437 g/mol. The van der Waals surface area contributed by atoms with E-state index in [9.17, 15) is 4.79 Å². The van der Waals surface area contributed by atoms with Gasteiger partial charge in [-0.25, -0.2) is 19.7 Å². The molecule has 28 heavy (non-hydrogen) atoms. The molecule has 2 aromatic heterocycles. The number of esters is 1. The number of benzene rings is 1. The third-order valence-electron chi connectivity index (χ3n) is 3.42. The SMILES string of the molecule is CCOC(=O)c1cnc(SCc2csc(COc3ccc(Cl)cc3)n2)nc1N. The number of hydrogen-bond donors (Lipinski definition) is 1. The van der Waals surface area contributed by atoms with E-state index in [0.29, 0.717) is 22.5 Å². The van der Waals surface area contributed by atoms with E-state index in [4.69, 9.17) is 26.8 Å².